The van der Waals surface area contributed by atoms with Crippen molar-refractivity contribution >= 4 is 0 Å². The van der Waals surface area contributed by atoms with Crippen LogP contribution in [0.25, 0.3) is 0 Å². The van der Waals surface area contributed by atoms with Crippen LogP contribution in [0.5, 0.6) is 0 Å². The van der Waals surface area contributed by atoms with E-state index >= 15 is 0 Å². The van der Waals surface area contributed by atoms with Crippen LogP contribution >= 0.6 is 0 Å². The van der Waals surface area contributed by atoms with Gasteiger partial charge in [-0.1, -0.05) is 0 Å². The summed E-state index contributed by atoms with van der Waals surface area (Å²) in [5, 5.41) is 10.1. The molecule has 0 atom stereocenters. The molecule has 3 N–H and O–H groups in total. The van der Waals surface area contributed by atoms with Crippen LogP contribution in [0.1, 0.15) is 0 Å². The van der Waals surface area contributed by atoms with Gasteiger partial charge in [-0.15, -0.1) is 0 Å². The number of rotatable bonds is 3. The Labute approximate surface area is 54.2 Å². The Morgan fingerprint density at radius 2 is 2.33 bits per heavy atom. The molecule has 54 valence electrons. The van der Waals surface area contributed by atoms with E-state index in [0.717, 1.165) is 0 Å². The van der Waals surface area contributed by atoms with Crippen molar-refractivity contribution in [2.75, 3.05) is 26.4 Å². The fourth-order valence-corrected chi connectivity index (χ4v) is 0.713. The molecule has 0 aromatic heterocycles. The van der Waals surface area contributed by atoms with E-state index in [2.05, 4.69) is 0 Å². The van der Waals surface area contributed by atoms with Gasteiger partial charge >= 0.3 is 0 Å². The van der Waals surface area contributed by atoms with Crippen molar-refractivity contribution in [3.63, 3.8) is 0 Å². The van der Waals surface area contributed by atoms with Crippen LogP contribution in [0.4, 0.5) is 0 Å². The minimum absolute atomic E-state index is 0.118. The van der Waals surface area contributed by atoms with Crippen molar-refractivity contribution < 1.29 is 9.84 Å². The van der Waals surface area contributed by atoms with Gasteiger partial charge in [0.15, 0.2) is 0 Å². The van der Waals surface area contributed by atoms with Gasteiger partial charge in [0.25, 0.3) is 0 Å². The number of hydrogen-bond acceptors (Lipinski definition) is 4. The number of hydrogen-bond donors (Lipinski definition) is 2. The number of aliphatic hydroxyl groups excluding tert-OH is 1. The van der Waals surface area contributed by atoms with E-state index in [1.54, 1.807) is 5.01 Å². The first-order valence-electron chi connectivity index (χ1n) is 3.04. The highest BCUT2D eigenvalue weighted by molar-refractivity contribution is 4.72. The molecule has 0 unspecified atom stereocenters. The van der Waals surface area contributed by atoms with Crippen LogP contribution in [0.2, 0.25) is 0 Å². The van der Waals surface area contributed by atoms with Gasteiger partial charge in [0.05, 0.1) is 25.9 Å². The molecule has 0 bridgehead atoms. The van der Waals surface area contributed by atoms with Crippen molar-refractivity contribution in [1.82, 2.24) is 5.01 Å². The third-order valence-corrected chi connectivity index (χ3v) is 1.45. The third-order valence-electron chi connectivity index (χ3n) is 1.45. The van der Waals surface area contributed by atoms with Crippen molar-refractivity contribution in [1.29, 1.82) is 0 Å². The van der Waals surface area contributed by atoms with Gasteiger partial charge < -0.3 is 9.84 Å². The summed E-state index contributed by atoms with van der Waals surface area (Å²) in [5.41, 5.74) is 0. The maximum absolute atomic E-state index is 8.44. The fourth-order valence-electron chi connectivity index (χ4n) is 0.713. The van der Waals surface area contributed by atoms with E-state index in [1.165, 1.54) is 0 Å². The zero-order chi connectivity index (χ0) is 6.69. The lowest BCUT2D eigenvalue weighted by molar-refractivity contribution is -0.0688. The quantitative estimate of drug-likeness (QED) is 0.364. The normalized spacial score (nSPS) is 20.3. The van der Waals surface area contributed by atoms with Crippen LogP contribution in [-0.2, 0) is 4.74 Å². The van der Waals surface area contributed by atoms with Gasteiger partial charge in [-0.3, -0.25) is 5.84 Å². The molecule has 1 aliphatic heterocycles. The summed E-state index contributed by atoms with van der Waals surface area (Å²) in [6, 6.07) is 0.331. The summed E-state index contributed by atoms with van der Waals surface area (Å²) in [6.07, 6.45) is 0. The summed E-state index contributed by atoms with van der Waals surface area (Å²) in [5.74, 6) is 5.48. The van der Waals surface area contributed by atoms with Crippen LogP contribution in [0.3, 0.4) is 0 Å². The highest BCUT2D eigenvalue weighted by Gasteiger charge is 2.22. The number of ether oxygens (including phenoxy) is 1. The minimum Gasteiger partial charge on any atom is -0.395 e. The molecule has 1 aliphatic rings. The van der Waals surface area contributed by atoms with E-state index in [4.69, 9.17) is 15.7 Å². The molecular formula is C5H12N2O2. The molecule has 0 aromatic rings. The van der Waals surface area contributed by atoms with Gasteiger partial charge in [-0.05, 0) is 0 Å². The Kier molecular flexibility index (Phi) is 2.41. The molecular weight excluding hydrogens is 120 g/mol. The van der Waals surface area contributed by atoms with E-state index < -0.39 is 0 Å². The van der Waals surface area contributed by atoms with Crippen molar-refractivity contribution in [2.24, 2.45) is 5.84 Å². The summed E-state index contributed by atoms with van der Waals surface area (Å²) in [6.45, 7) is 2.06. The molecule has 4 heteroatoms. The zero-order valence-electron chi connectivity index (χ0n) is 5.29. The summed E-state index contributed by atoms with van der Waals surface area (Å²) in [4.78, 5) is 0. The van der Waals surface area contributed by atoms with Gasteiger partial charge in [0.2, 0.25) is 0 Å². The lowest BCUT2D eigenvalue weighted by atomic mass is 10.2. The average molecular weight is 132 g/mol. The van der Waals surface area contributed by atoms with E-state index in [-0.39, 0.29) is 6.61 Å². The fraction of sp³-hybridized carbons (Fsp3) is 1.00. The Morgan fingerprint density at radius 3 is 2.67 bits per heavy atom. The smallest absolute Gasteiger partial charge is 0.0709 e. The molecule has 1 heterocycles. The molecule has 0 amide bonds. The first-order valence-corrected chi connectivity index (χ1v) is 3.04. The summed E-state index contributed by atoms with van der Waals surface area (Å²) >= 11 is 0. The van der Waals surface area contributed by atoms with Crippen molar-refractivity contribution in [2.45, 2.75) is 6.04 Å². The van der Waals surface area contributed by atoms with Crippen molar-refractivity contribution in [3.05, 3.63) is 0 Å². The first kappa shape index (κ1) is 6.95. The van der Waals surface area contributed by atoms with Crippen molar-refractivity contribution in [3.8, 4) is 0 Å². The molecule has 0 saturated carbocycles. The van der Waals surface area contributed by atoms with Gasteiger partial charge in [-0.2, -0.15) is 0 Å². The Bertz CT molecular complexity index is 85.0. The second kappa shape index (κ2) is 3.12. The van der Waals surface area contributed by atoms with E-state index in [9.17, 15) is 0 Å². The molecule has 0 radical (unpaired) electrons. The standard InChI is InChI=1S/C5H12N2O2/c6-7(1-2-8)5-3-9-4-5/h5,8H,1-4,6H2. The molecule has 1 rings (SSSR count). The predicted octanol–water partition coefficient (Wildman–Crippen LogP) is -1.45. The first-order chi connectivity index (χ1) is 4.34. The second-order valence-corrected chi connectivity index (χ2v) is 2.15. The second-order valence-electron chi connectivity index (χ2n) is 2.15. The molecule has 4 nitrogen and oxygen atoms in total. The lowest BCUT2D eigenvalue weighted by Gasteiger charge is -2.33. The highest BCUT2D eigenvalue weighted by Crippen LogP contribution is 2.04. The van der Waals surface area contributed by atoms with Gasteiger partial charge in [-0.25, -0.2) is 5.01 Å². The monoisotopic (exact) mass is 132 g/mol. The Balaban J connectivity index is 2.08. The lowest BCUT2D eigenvalue weighted by Crippen LogP contribution is -2.53. The maximum Gasteiger partial charge on any atom is 0.0709 e. The average Bonchev–Trinajstić information content (AvgIpc) is 1.60. The molecule has 1 saturated heterocycles. The maximum atomic E-state index is 8.44. The number of nitrogens with two attached hydrogens (primary N) is 1. The topological polar surface area (TPSA) is 58.7 Å². The number of hydrazine groups is 1. The summed E-state index contributed by atoms with van der Waals surface area (Å²) < 4.78 is 4.90. The predicted molar refractivity (Wildman–Crippen MR) is 32.6 cm³/mol. The minimum atomic E-state index is 0.118. The van der Waals surface area contributed by atoms with Crippen LogP contribution in [0.15, 0.2) is 0 Å². The third kappa shape index (κ3) is 1.62. The summed E-state index contributed by atoms with van der Waals surface area (Å²) in [7, 11) is 0. The SMILES string of the molecule is NN(CCO)C1COC1. The molecule has 0 spiro atoms. The van der Waals surface area contributed by atoms with Crippen LogP contribution in [-0.4, -0.2) is 42.5 Å². The largest absolute Gasteiger partial charge is 0.395 e. The molecule has 0 aliphatic carbocycles. The molecule has 1 fully saturated rings. The Morgan fingerprint density at radius 1 is 1.67 bits per heavy atom. The molecule has 9 heavy (non-hydrogen) atoms. The Hall–Kier alpha value is -0.160. The van der Waals surface area contributed by atoms with E-state index in [1.807, 2.05) is 0 Å². The highest BCUT2D eigenvalue weighted by atomic mass is 16.5. The zero-order valence-corrected chi connectivity index (χ0v) is 5.29. The van der Waals surface area contributed by atoms with Gasteiger partial charge in [0, 0.05) is 6.54 Å². The molecule has 0 aromatic carbocycles. The van der Waals surface area contributed by atoms with Crippen LogP contribution < -0.4 is 5.84 Å². The van der Waals surface area contributed by atoms with E-state index in [0.29, 0.717) is 25.8 Å². The number of aliphatic hydroxyl groups is 1. The van der Waals surface area contributed by atoms with Gasteiger partial charge in [0.1, 0.15) is 0 Å². The number of nitrogens with zero attached hydrogens (tertiary/aromatic N) is 1. The van der Waals surface area contributed by atoms with Crippen LogP contribution in [0, 0.1) is 0 Å².